The molecule has 0 saturated carbocycles. The van der Waals surface area contributed by atoms with E-state index in [1.165, 1.54) is 20.1 Å². The van der Waals surface area contributed by atoms with Gasteiger partial charge in [0.05, 0.1) is 23.6 Å². The zero-order valence-electron chi connectivity index (χ0n) is 14.3. The van der Waals surface area contributed by atoms with Gasteiger partial charge < -0.3 is 14.4 Å². The molecule has 2 rings (SSSR count). The van der Waals surface area contributed by atoms with Crippen LogP contribution in [0.25, 0.3) is 10.9 Å². The molecule has 0 unspecified atom stereocenters. The topological polar surface area (TPSA) is 85.6 Å². The van der Waals surface area contributed by atoms with Crippen molar-refractivity contribution in [1.29, 1.82) is 0 Å². The Labute approximate surface area is 139 Å². The van der Waals surface area contributed by atoms with Crippen molar-refractivity contribution in [3.63, 3.8) is 0 Å². The van der Waals surface area contributed by atoms with Crippen LogP contribution in [0.15, 0.2) is 23.0 Å². The number of phenols is 1. The Morgan fingerprint density at radius 1 is 1.29 bits per heavy atom. The largest absolute Gasteiger partial charge is 0.506 e. The molecule has 0 bridgehead atoms. The smallest absolute Gasteiger partial charge is 0.354 e. The van der Waals surface area contributed by atoms with Gasteiger partial charge >= 0.3 is 5.97 Å². The highest BCUT2D eigenvalue weighted by Gasteiger charge is 2.20. The number of aryl methyl sites for hydroxylation is 1. The number of benzene rings is 1. The summed E-state index contributed by atoms with van der Waals surface area (Å²) in [7, 11) is 1.25. The SMILES string of the molecule is COC(=O)c1cc(=O)c2c(O)c(C(C)=O)ccc2n1CCC(C)C. The molecule has 0 atom stereocenters. The first kappa shape index (κ1) is 17.7. The molecule has 0 aliphatic carbocycles. The second-order valence-electron chi connectivity index (χ2n) is 6.13. The van der Waals surface area contributed by atoms with E-state index in [2.05, 4.69) is 0 Å². The highest BCUT2D eigenvalue weighted by molar-refractivity contribution is 6.03. The fourth-order valence-electron chi connectivity index (χ4n) is 2.64. The number of hydrogen-bond acceptors (Lipinski definition) is 5. The van der Waals surface area contributed by atoms with Gasteiger partial charge in [0.1, 0.15) is 11.4 Å². The van der Waals surface area contributed by atoms with Crippen molar-refractivity contribution >= 4 is 22.7 Å². The van der Waals surface area contributed by atoms with E-state index in [1.807, 2.05) is 13.8 Å². The zero-order chi connectivity index (χ0) is 18.0. The summed E-state index contributed by atoms with van der Waals surface area (Å²) in [5.41, 5.74) is 0.101. The van der Waals surface area contributed by atoms with Gasteiger partial charge in [0.15, 0.2) is 11.2 Å². The molecule has 6 heteroatoms. The number of methoxy groups -OCH3 is 1. The number of esters is 1. The Kier molecular flexibility index (Phi) is 5.07. The van der Waals surface area contributed by atoms with Gasteiger partial charge in [-0.05, 0) is 31.4 Å². The average molecular weight is 331 g/mol. The molecule has 0 amide bonds. The predicted molar refractivity (Wildman–Crippen MR) is 90.7 cm³/mol. The molecule has 0 radical (unpaired) electrons. The number of aromatic nitrogens is 1. The maximum atomic E-state index is 12.4. The van der Waals surface area contributed by atoms with Crippen LogP contribution in [0.5, 0.6) is 5.75 Å². The van der Waals surface area contributed by atoms with Gasteiger partial charge in [-0.15, -0.1) is 0 Å². The van der Waals surface area contributed by atoms with Crippen molar-refractivity contribution < 1.29 is 19.4 Å². The quantitative estimate of drug-likeness (QED) is 0.672. The van der Waals surface area contributed by atoms with E-state index in [0.29, 0.717) is 18.0 Å². The first-order valence-corrected chi connectivity index (χ1v) is 7.76. The van der Waals surface area contributed by atoms with Gasteiger partial charge in [0.25, 0.3) is 0 Å². The van der Waals surface area contributed by atoms with E-state index in [0.717, 1.165) is 12.5 Å². The van der Waals surface area contributed by atoms with Crippen LogP contribution in [0.3, 0.4) is 0 Å². The Morgan fingerprint density at radius 2 is 1.96 bits per heavy atom. The van der Waals surface area contributed by atoms with Gasteiger partial charge in [-0.3, -0.25) is 9.59 Å². The summed E-state index contributed by atoms with van der Waals surface area (Å²) in [5, 5.41) is 10.4. The second-order valence-corrected chi connectivity index (χ2v) is 6.13. The lowest BCUT2D eigenvalue weighted by molar-refractivity contribution is 0.0587. The lowest BCUT2D eigenvalue weighted by Crippen LogP contribution is -2.20. The van der Waals surface area contributed by atoms with Crippen molar-refractivity contribution in [2.45, 2.75) is 33.7 Å². The normalized spacial score (nSPS) is 11.0. The maximum Gasteiger partial charge on any atom is 0.354 e. The predicted octanol–water partition coefficient (Wildman–Crippen LogP) is 2.74. The number of fused-ring (bicyclic) bond motifs is 1. The highest BCUT2D eigenvalue weighted by Crippen LogP contribution is 2.28. The zero-order valence-corrected chi connectivity index (χ0v) is 14.3. The monoisotopic (exact) mass is 331 g/mol. The number of rotatable bonds is 5. The van der Waals surface area contributed by atoms with Crippen LogP contribution >= 0.6 is 0 Å². The lowest BCUT2D eigenvalue weighted by atomic mass is 10.0. The maximum absolute atomic E-state index is 12.4. The number of hydrogen-bond donors (Lipinski definition) is 1. The van der Waals surface area contributed by atoms with Gasteiger partial charge in [0.2, 0.25) is 0 Å². The summed E-state index contributed by atoms with van der Waals surface area (Å²) in [6.07, 6.45) is 0.775. The lowest BCUT2D eigenvalue weighted by Gasteiger charge is -2.17. The third-order valence-electron chi connectivity index (χ3n) is 3.96. The number of aromatic hydroxyl groups is 1. The van der Waals surface area contributed by atoms with Crippen molar-refractivity contribution in [2.24, 2.45) is 5.92 Å². The molecular weight excluding hydrogens is 310 g/mol. The minimum Gasteiger partial charge on any atom is -0.506 e. The number of ether oxygens (including phenoxy) is 1. The highest BCUT2D eigenvalue weighted by atomic mass is 16.5. The fraction of sp³-hybridized carbons (Fsp3) is 0.389. The van der Waals surface area contributed by atoms with E-state index in [1.54, 1.807) is 10.6 Å². The molecule has 0 aliphatic heterocycles. The van der Waals surface area contributed by atoms with Gasteiger partial charge in [-0.25, -0.2) is 4.79 Å². The van der Waals surface area contributed by atoms with Crippen molar-refractivity contribution in [3.05, 3.63) is 39.7 Å². The molecular formula is C18H21NO5. The standard InChI is InChI=1S/C18H21NO5/c1-10(2)7-8-19-13-6-5-12(11(3)20)17(22)16(13)15(21)9-14(19)18(23)24-4/h5-6,9-10,22H,7-8H2,1-4H3. The van der Waals surface area contributed by atoms with Crippen LogP contribution in [0.4, 0.5) is 0 Å². The molecule has 2 aromatic rings. The minimum atomic E-state index is -0.618. The van der Waals surface area contributed by atoms with E-state index < -0.39 is 11.4 Å². The van der Waals surface area contributed by atoms with E-state index in [4.69, 9.17) is 4.74 Å². The number of phenolic OH excluding ortho intramolecular Hbond substituents is 1. The number of carbonyl (C=O) groups excluding carboxylic acids is 2. The minimum absolute atomic E-state index is 0.0408. The summed E-state index contributed by atoms with van der Waals surface area (Å²) in [4.78, 5) is 36.0. The van der Waals surface area contributed by atoms with Crippen LogP contribution < -0.4 is 5.43 Å². The Bertz CT molecular complexity index is 864. The number of ketones is 1. The van der Waals surface area contributed by atoms with E-state index >= 15 is 0 Å². The Morgan fingerprint density at radius 3 is 2.50 bits per heavy atom. The first-order valence-electron chi connectivity index (χ1n) is 7.76. The van der Waals surface area contributed by atoms with Crippen LogP contribution in [-0.4, -0.2) is 28.5 Å². The molecule has 1 N–H and O–H groups in total. The fourth-order valence-corrected chi connectivity index (χ4v) is 2.64. The molecule has 0 aliphatic rings. The average Bonchev–Trinajstić information content (AvgIpc) is 2.52. The molecule has 0 spiro atoms. The number of pyridine rings is 1. The Hall–Kier alpha value is -2.63. The molecule has 128 valence electrons. The van der Waals surface area contributed by atoms with Crippen LogP contribution in [0.2, 0.25) is 0 Å². The van der Waals surface area contributed by atoms with Crippen molar-refractivity contribution in [1.82, 2.24) is 4.57 Å². The summed E-state index contributed by atoms with van der Waals surface area (Å²) >= 11 is 0. The molecule has 0 fully saturated rings. The van der Waals surface area contributed by atoms with E-state index in [9.17, 15) is 19.5 Å². The van der Waals surface area contributed by atoms with Gasteiger partial charge in [-0.1, -0.05) is 13.8 Å². The third-order valence-corrected chi connectivity index (χ3v) is 3.96. The summed E-state index contributed by atoms with van der Waals surface area (Å²) in [6, 6.07) is 4.20. The van der Waals surface area contributed by atoms with Gasteiger partial charge in [-0.2, -0.15) is 0 Å². The van der Waals surface area contributed by atoms with Crippen LogP contribution in [-0.2, 0) is 11.3 Å². The number of carbonyl (C=O) groups is 2. The molecule has 1 aromatic heterocycles. The number of Topliss-reactive ketones (excluding diaryl/α,β-unsaturated/α-hetero) is 1. The third kappa shape index (κ3) is 3.18. The molecule has 24 heavy (non-hydrogen) atoms. The summed E-state index contributed by atoms with van der Waals surface area (Å²) < 4.78 is 6.42. The Balaban J connectivity index is 2.83. The van der Waals surface area contributed by atoms with E-state index in [-0.39, 0.29) is 28.2 Å². The molecule has 1 aromatic carbocycles. The molecule has 6 nitrogen and oxygen atoms in total. The molecule has 0 saturated heterocycles. The molecule has 1 heterocycles. The van der Waals surface area contributed by atoms with Gasteiger partial charge in [0, 0.05) is 12.6 Å². The van der Waals surface area contributed by atoms with Crippen LogP contribution in [0, 0.1) is 5.92 Å². The summed E-state index contributed by atoms with van der Waals surface area (Å²) in [5.74, 6) is -0.915. The first-order chi connectivity index (χ1) is 11.3. The number of nitrogens with zero attached hydrogens (tertiary/aromatic N) is 1. The van der Waals surface area contributed by atoms with Crippen molar-refractivity contribution in [2.75, 3.05) is 7.11 Å². The van der Waals surface area contributed by atoms with Crippen LogP contribution in [0.1, 0.15) is 48.0 Å². The second kappa shape index (κ2) is 6.86. The summed E-state index contributed by atoms with van der Waals surface area (Å²) in [6.45, 7) is 5.90. The van der Waals surface area contributed by atoms with Crippen molar-refractivity contribution in [3.8, 4) is 5.75 Å².